The van der Waals surface area contributed by atoms with Crippen LogP contribution in [0, 0.1) is 11.3 Å². The summed E-state index contributed by atoms with van der Waals surface area (Å²) in [6.07, 6.45) is 10.7. The number of nitrogens with one attached hydrogen (secondary N) is 1. The smallest absolute Gasteiger partial charge is 0.0101 e. The fourth-order valence-corrected chi connectivity index (χ4v) is 4.63. The fraction of sp³-hybridized carbons (Fsp3) is 1.00. The van der Waals surface area contributed by atoms with Crippen molar-refractivity contribution in [3.05, 3.63) is 0 Å². The molecule has 2 saturated carbocycles. The summed E-state index contributed by atoms with van der Waals surface area (Å²) in [5.41, 5.74) is 0.563. The molecule has 2 aliphatic carbocycles. The molecular weight excluding hydrogens is 226 g/mol. The third kappa shape index (κ3) is 3.64. The molecule has 2 fully saturated rings. The van der Waals surface area contributed by atoms with Gasteiger partial charge in [0.15, 0.2) is 0 Å². The minimum Gasteiger partial charge on any atom is -0.311 e. The third-order valence-corrected chi connectivity index (χ3v) is 5.93. The summed E-state index contributed by atoms with van der Waals surface area (Å²) in [4.78, 5) is 0. The average molecular weight is 255 g/mol. The highest BCUT2D eigenvalue weighted by molar-refractivity contribution is 7.99. The first-order valence-electron chi connectivity index (χ1n) is 7.29. The molecule has 0 radical (unpaired) electrons. The molecule has 2 unspecified atom stereocenters. The van der Waals surface area contributed by atoms with Crippen molar-refractivity contribution < 1.29 is 0 Å². The van der Waals surface area contributed by atoms with Crippen molar-refractivity contribution in [2.75, 3.05) is 6.26 Å². The summed E-state index contributed by atoms with van der Waals surface area (Å²) in [5, 5.41) is 4.89. The van der Waals surface area contributed by atoms with E-state index in [1.807, 2.05) is 0 Å². The van der Waals surface area contributed by atoms with E-state index in [9.17, 15) is 0 Å². The van der Waals surface area contributed by atoms with E-state index in [0.717, 1.165) is 23.3 Å². The molecule has 0 spiro atoms. The Morgan fingerprint density at radius 2 is 1.71 bits per heavy atom. The highest BCUT2D eigenvalue weighted by Crippen LogP contribution is 2.41. The molecule has 17 heavy (non-hydrogen) atoms. The highest BCUT2D eigenvalue weighted by atomic mass is 32.2. The molecule has 0 amide bonds. The van der Waals surface area contributed by atoms with E-state index in [1.165, 1.54) is 38.5 Å². The maximum atomic E-state index is 3.96. The van der Waals surface area contributed by atoms with Crippen LogP contribution in [0.1, 0.15) is 59.3 Å². The van der Waals surface area contributed by atoms with Crippen LogP contribution in [0.15, 0.2) is 0 Å². The van der Waals surface area contributed by atoms with Crippen LogP contribution in [0.3, 0.4) is 0 Å². The van der Waals surface area contributed by atoms with Gasteiger partial charge in [0.2, 0.25) is 0 Å². The van der Waals surface area contributed by atoms with Crippen LogP contribution < -0.4 is 5.32 Å². The summed E-state index contributed by atoms with van der Waals surface area (Å²) in [6.45, 7) is 7.28. The van der Waals surface area contributed by atoms with Gasteiger partial charge in [-0.15, -0.1) is 0 Å². The number of thioether (sulfide) groups is 1. The normalized spacial score (nSPS) is 41.6. The molecule has 0 heterocycles. The predicted molar refractivity (Wildman–Crippen MR) is 78.7 cm³/mol. The lowest BCUT2D eigenvalue weighted by Crippen LogP contribution is -2.42. The van der Waals surface area contributed by atoms with Gasteiger partial charge >= 0.3 is 0 Å². The average Bonchev–Trinajstić information content (AvgIpc) is 2.53. The Bertz CT molecular complexity index is 243. The van der Waals surface area contributed by atoms with E-state index in [4.69, 9.17) is 0 Å². The molecule has 2 aliphatic rings. The van der Waals surface area contributed by atoms with Crippen LogP contribution in [-0.4, -0.2) is 23.6 Å². The van der Waals surface area contributed by atoms with Crippen LogP contribution in [0.4, 0.5) is 0 Å². The zero-order valence-electron chi connectivity index (χ0n) is 12.0. The first-order valence-corrected chi connectivity index (χ1v) is 8.58. The van der Waals surface area contributed by atoms with E-state index in [2.05, 4.69) is 44.1 Å². The van der Waals surface area contributed by atoms with E-state index in [0.29, 0.717) is 5.41 Å². The largest absolute Gasteiger partial charge is 0.311 e. The summed E-state index contributed by atoms with van der Waals surface area (Å²) in [5.74, 6) is 0.864. The van der Waals surface area contributed by atoms with Crippen LogP contribution in [0.2, 0.25) is 0 Å². The lowest BCUT2D eigenvalue weighted by atomic mass is 9.90. The summed E-state index contributed by atoms with van der Waals surface area (Å²) < 4.78 is 0. The first kappa shape index (κ1) is 13.7. The lowest BCUT2D eigenvalue weighted by molar-refractivity contribution is 0.306. The molecule has 1 N–H and O–H groups in total. The van der Waals surface area contributed by atoms with Crippen LogP contribution >= 0.6 is 11.8 Å². The zero-order chi connectivity index (χ0) is 12.5. The van der Waals surface area contributed by atoms with Crippen LogP contribution in [0.25, 0.3) is 0 Å². The molecule has 2 heteroatoms. The van der Waals surface area contributed by atoms with Crippen molar-refractivity contribution in [1.29, 1.82) is 0 Å². The molecule has 0 aromatic heterocycles. The monoisotopic (exact) mass is 255 g/mol. The molecule has 0 aliphatic heterocycles. The van der Waals surface area contributed by atoms with Gasteiger partial charge in [-0.2, -0.15) is 11.8 Å². The Labute approximate surface area is 112 Å². The Kier molecular flexibility index (Phi) is 4.46. The quantitative estimate of drug-likeness (QED) is 0.815. The van der Waals surface area contributed by atoms with Gasteiger partial charge in [0.05, 0.1) is 0 Å². The SMILES string of the molecule is CSC1CCC(NC2CC(C)(C)CC2C)CC1. The fourth-order valence-electron chi connectivity index (χ4n) is 3.88. The number of rotatable bonds is 3. The van der Waals surface area contributed by atoms with Crippen molar-refractivity contribution in [1.82, 2.24) is 5.32 Å². The summed E-state index contributed by atoms with van der Waals surface area (Å²) in [7, 11) is 0. The third-order valence-electron chi connectivity index (χ3n) is 4.79. The molecule has 1 nitrogen and oxygen atoms in total. The van der Waals surface area contributed by atoms with E-state index in [1.54, 1.807) is 0 Å². The van der Waals surface area contributed by atoms with Gasteiger partial charge in [0, 0.05) is 17.3 Å². The molecule has 0 aromatic carbocycles. The number of hydrogen-bond acceptors (Lipinski definition) is 2. The number of hydrogen-bond donors (Lipinski definition) is 1. The Morgan fingerprint density at radius 1 is 1.06 bits per heavy atom. The second-order valence-electron chi connectivity index (χ2n) is 7.03. The molecule has 0 saturated heterocycles. The second-order valence-corrected chi connectivity index (χ2v) is 8.17. The molecule has 0 bridgehead atoms. The van der Waals surface area contributed by atoms with Crippen molar-refractivity contribution in [2.24, 2.45) is 11.3 Å². The van der Waals surface area contributed by atoms with Gasteiger partial charge < -0.3 is 5.32 Å². The van der Waals surface area contributed by atoms with Gasteiger partial charge in [-0.05, 0) is 56.1 Å². The van der Waals surface area contributed by atoms with Gasteiger partial charge in [0.25, 0.3) is 0 Å². The standard InChI is InChI=1S/C15H29NS/c1-11-9-15(2,3)10-14(11)16-12-5-7-13(17-4)8-6-12/h11-14,16H,5-10H2,1-4H3. The van der Waals surface area contributed by atoms with Gasteiger partial charge in [-0.25, -0.2) is 0 Å². The van der Waals surface area contributed by atoms with E-state index in [-0.39, 0.29) is 0 Å². The maximum absolute atomic E-state index is 3.96. The van der Waals surface area contributed by atoms with Crippen LogP contribution in [0.5, 0.6) is 0 Å². The van der Waals surface area contributed by atoms with Gasteiger partial charge in [-0.3, -0.25) is 0 Å². The molecule has 2 atom stereocenters. The molecule has 100 valence electrons. The minimum atomic E-state index is 0.563. The zero-order valence-corrected chi connectivity index (χ0v) is 12.8. The van der Waals surface area contributed by atoms with E-state index < -0.39 is 0 Å². The second kappa shape index (κ2) is 5.52. The van der Waals surface area contributed by atoms with Gasteiger partial charge in [-0.1, -0.05) is 20.8 Å². The Balaban J connectivity index is 1.78. The van der Waals surface area contributed by atoms with Crippen molar-refractivity contribution >= 4 is 11.8 Å². The maximum Gasteiger partial charge on any atom is 0.0101 e. The van der Waals surface area contributed by atoms with E-state index >= 15 is 0 Å². The molecular formula is C15H29NS. The summed E-state index contributed by atoms with van der Waals surface area (Å²) in [6, 6.07) is 1.58. The Hall–Kier alpha value is 0.310. The van der Waals surface area contributed by atoms with Crippen molar-refractivity contribution in [2.45, 2.75) is 76.6 Å². The minimum absolute atomic E-state index is 0.563. The first-order chi connectivity index (χ1) is 8.00. The Morgan fingerprint density at radius 3 is 2.18 bits per heavy atom. The van der Waals surface area contributed by atoms with Crippen molar-refractivity contribution in [3.8, 4) is 0 Å². The van der Waals surface area contributed by atoms with Gasteiger partial charge in [0.1, 0.15) is 0 Å². The lowest BCUT2D eigenvalue weighted by Gasteiger charge is -2.32. The van der Waals surface area contributed by atoms with Crippen molar-refractivity contribution in [3.63, 3.8) is 0 Å². The highest BCUT2D eigenvalue weighted by Gasteiger charge is 2.37. The van der Waals surface area contributed by atoms with Crippen LogP contribution in [-0.2, 0) is 0 Å². The molecule has 2 rings (SSSR count). The summed E-state index contributed by atoms with van der Waals surface area (Å²) >= 11 is 2.06. The molecule has 0 aromatic rings. The topological polar surface area (TPSA) is 12.0 Å². The predicted octanol–water partition coefficient (Wildman–Crippen LogP) is 4.07.